The standard InChI is InChI=1S/C18H21F3N2O2S2/c1-26-12-6-4-5-11(9-12)22-15(24)10-17(25,18(19,20)21)16-23-13-7-2-3-8-14(13)27-16/h2-3,7-8,11-12,25H,4-6,9-10H2,1H3,(H,22,24)/t11-,12-,17+/m1/s1. The van der Waals surface area contributed by atoms with Crippen molar-refractivity contribution in [2.45, 2.75) is 55.2 Å². The topological polar surface area (TPSA) is 62.2 Å². The van der Waals surface area contributed by atoms with Gasteiger partial charge in [-0.1, -0.05) is 18.6 Å². The molecule has 2 aromatic rings. The van der Waals surface area contributed by atoms with Gasteiger partial charge >= 0.3 is 6.18 Å². The molecule has 27 heavy (non-hydrogen) atoms. The van der Waals surface area contributed by atoms with Gasteiger partial charge in [-0.25, -0.2) is 4.98 Å². The van der Waals surface area contributed by atoms with Crippen LogP contribution >= 0.6 is 23.1 Å². The number of hydrogen-bond donors (Lipinski definition) is 2. The molecule has 1 aliphatic carbocycles. The smallest absolute Gasteiger partial charge is 0.374 e. The lowest BCUT2D eigenvalue weighted by atomic mass is 9.93. The molecule has 3 rings (SSSR count). The van der Waals surface area contributed by atoms with Crippen molar-refractivity contribution in [1.82, 2.24) is 10.3 Å². The second-order valence-electron chi connectivity index (χ2n) is 6.81. The Bertz CT molecular complexity index is 778. The van der Waals surface area contributed by atoms with Gasteiger partial charge in [-0.2, -0.15) is 24.9 Å². The lowest BCUT2D eigenvalue weighted by molar-refractivity contribution is -0.267. The van der Waals surface area contributed by atoms with E-state index in [0.29, 0.717) is 15.5 Å². The van der Waals surface area contributed by atoms with E-state index in [-0.39, 0.29) is 6.04 Å². The SMILES string of the molecule is CS[C@@H]1CCC[C@@H](NC(=O)C[C@](O)(c2nc3ccccc3s2)C(F)(F)F)C1. The molecule has 3 atom stereocenters. The molecule has 1 aromatic heterocycles. The number of thioether (sulfide) groups is 1. The zero-order valence-corrected chi connectivity index (χ0v) is 16.4. The quantitative estimate of drug-likeness (QED) is 0.763. The minimum Gasteiger partial charge on any atom is -0.374 e. The predicted octanol–water partition coefficient (Wildman–Crippen LogP) is 4.23. The van der Waals surface area contributed by atoms with E-state index in [0.717, 1.165) is 37.0 Å². The van der Waals surface area contributed by atoms with Crippen molar-refractivity contribution in [3.8, 4) is 0 Å². The number of halogens is 3. The fraction of sp³-hybridized carbons (Fsp3) is 0.556. The minimum absolute atomic E-state index is 0.156. The molecule has 0 bridgehead atoms. The van der Waals surface area contributed by atoms with Crippen molar-refractivity contribution in [2.75, 3.05) is 6.26 Å². The van der Waals surface area contributed by atoms with Gasteiger partial charge in [-0.05, 0) is 37.7 Å². The molecule has 0 aliphatic heterocycles. The lowest BCUT2D eigenvalue weighted by Crippen LogP contribution is -2.48. The van der Waals surface area contributed by atoms with Crippen LogP contribution in [-0.2, 0) is 10.4 Å². The molecular formula is C18H21F3N2O2S2. The molecule has 9 heteroatoms. The summed E-state index contributed by atoms with van der Waals surface area (Å²) in [6.45, 7) is 0. The molecule has 1 saturated carbocycles. The van der Waals surface area contributed by atoms with E-state index in [2.05, 4.69) is 10.3 Å². The Morgan fingerprint density at radius 1 is 1.37 bits per heavy atom. The van der Waals surface area contributed by atoms with Gasteiger partial charge in [0.05, 0.1) is 16.6 Å². The molecule has 1 aromatic carbocycles. The van der Waals surface area contributed by atoms with Crippen LogP contribution in [0, 0.1) is 0 Å². The van der Waals surface area contributed by atoms with E-state index in [4.69, 9.17) is 0 Å². The summed E-state index contributed by atoms with van der Waals surface area (Å²) in [5.41, 5.74) is -2.93. The Balaban J connectivity index is 1.79. The second-order valence-corrected chi connectivity index (χ2v) is 8.98. The van der Waals surface area contributed by atoms with Crippen molar-refractivity contribution < 1.29 is 23.1 Å². The Labute approximate surface area is 163 Å². The van der Waals surface area contributed by atoms with E-state index in [1.165, 1.54) is 0 Å². The van der Waals surface area contributed by atoms with Crippen LogP contribution in [0.4, 0.5) is 13.2 Å². The third-order valence-electron chi connectivity index (χ3n) is 4.86. The summed E-state index contributed by atoms with van der Waals surface area (Å²) >= 11 is 2.46. The van der Waals surface area contributed by atoms with Crippen LogP contribution in [0.1, 0.15) is 37.1 Å². The van der Waals surface area contributed by atoms with Gasteiger partial charge in [0.2, 0.25) is 11.5 Å². The van der Waals surface area contributed by atoms with Crippen molar-refractivity contribution in [2.24, 2.45) is 0 Å². The molecule has 0 spiro atoms. The normalized spacial score (nSPS) is 23.1. The summed E-state index contributed by atoms with van der Waals surface area (Å²) < 4.78 is 41.7. The number of aliphatic hydroxyl groups is 1. The Morgan fingerprint density at radius 3 is 2.78 bits per heavy atom. The number of aromatic nitrogens is 1. The molecule has 0 saturated heterocycles. The minimum atomic E-state index is -5.01. The molecule has 4 nitrogen and oxygen atoms in total. The highest BCUT2D eigenvalue weighted by atomic mass is 32.2. The van der Waals surface area contributed by atoms with Crippen LogP contribution in [0.5, 0.6) is 0 Å². The van der Waals surface area contributed by atoms with E-state index in [1.807, 2.05) is 6.26 Å². The number of hydrogen-bond acceptors (Lipinski definition) is 5. The number of para-hydroxylation sites is 1. The zero-order chi connectivity index (χ0) is 19.7. The van der Waals surface area contributed by atoms with Gasteiger partial charge in [0.25, 0.3) is 0 Å². The first-order valence-corrected chi connectivity index (χ1v) is 10.8. The summed E-state index contributed by atoms with van der Waals surface area (Å²) in [6.07, 6.45) is -0.649. The highest BCUT2D eigenvalue weighted by Gasteiger charge is 2.58. The van der Waals surface area contributed by atoms with Crippen LogP contribution in [0.25, 0.3) is 10.2 Å². The maximum Gasteiger partial charge on any atom is 0.424 e. The number of carbonyl (C=O) groups excluding carboxylic acids is 1. The van der Waals surface area contributed by atoms with Gasteiger partial charge in [0.15, 0.2) is 0 Å². The number of amides is 1. The summed E-state index contributed by atoms with van der Waals surface area (Å²) in [7, 11) is 0. The van der Waals surface area contributed by atoms with Gasteiger partial charge in [0.1, 0.15) is 5.01 Å². The number of alkyl halides is 3. The lowest BCUT2D eigenvalue weighted by Gasteiger charge is -2.31. The summed E-state index contributed by atoms with van der Waals surface area (Å²) in [5, 5.41) is 13.1. The molecule has 148 valence electrons. The highest BCUT2D eigenvalue weighted by molar-refractivity contribution is 7.99. The van der Waals surface area contributed by atoms with Crippen LogP contribution in [0.3, 0.4) is 0 Å². The summed E-state index contributed by atoms with van der Waals surface area (Å²) in [6, 6.07) is 6.41. The second kappa shape index (κ2) is 7.97. The largest absolute Gasteiger partial charge is 0.424 e. The number of thiazole rings is 1. The zero-order valence-electron chi connectivity index (χ0n) is 14.8. The van der Waals surface area contributed by atoms with Gasteiger partial charge in [-0.3, -0.25) is 4.79 Å². The first-order chi connectivity index (χ1) is 12.7. The molecule has 1 aliphatic rings. The highest BCUT2D eigenvalue weighted by Crippen LogP contribution is 2.44. The Morgan fingerprint density at radius 2 is 2.11 bits per heavy atom. The van der Waals surface area contributed by atoms with Crippen molar-refractivity contribution >= 4 is 39.2 Å². The van der Waals surface area contributed by atoms with Crippen LogP contribution < -0.4 is 5.32 Å². The molecule has 1 amide bonds. The molecular weight excluding hydrogens is 397 g/mol. The fourth-order valence-corrected chi connectivity index (χ4v) is 5.25. The number of rotatable bonds is 5. The van der Waals surface area contributed by atoms with E-state index in [1.54, 1.807) is 36.0 Å². The van der Waals surface area contributed by atoms with E-state index < -0.39 is 29.1 Å². The van der Waals surface area contributed by atoms with E-state index in [9.17, 15) is 23.1 Å². The maximum atomic E-state index is 13.7. The van der Waals surface area contributed by atoms with Crippen molar-refractivity contribution in [3.63, 3.8) is 0 Å². The number of carbonyl (C=O) groups is 1. The predicted molar refractivity (Wildman–Crippen MR) is 102 cm³/mol. The van der Waals surface area contributed by atoms with Crippen molar-refractivity contribution in [3.05, 3.63) is 29.3 Å². The van der Waals surface area contributed by atoms with Crippen molar-refractivity contribution in [1.29, 1.82) is 0 Å². The number of fused-ring (bicyclic) bond motifs is 1. The van der Waals surface area contributed by atoms with Gasteiger partial charge in [0, 0.05) is 11.3 Å². The third-order valence-corrected chi connectivity index (χ3v) is 7.14. The van der Waals surface area contributed by atoms with Gasteiger partial charge < -0.3 is 10.4 Å². The monoisotopic (exact) mass is 418 g/mol. The average molecular weight is 419 g/mol. The van der Waals surface area contributed by atoms with Crippen LogP contribution in [-0.4, -0.2) is 39.7 Å². The first kappa shape index (κ1) is 20.4. The third kappa shape index (κ3) is 4.41. The molecule has 0 radical (unpaired) electrons. The summed E-state index contributed by atoms with van der Waals surface area (Å²) in [5.74, 6) is -0.805. The Hall–Kier alpha value is -1.32. The summed E-state index contributed by atoms with van der Waals surface area (Å²) in [4.78, 5) is 16.3. The maximum absolute atomic E-state index is 13.7. The molecule has 1 heterocycles. The molecule has 0 unspecified atom stereocenters. The Kier molecular flexibility index (Phi) is 6.02. The number of nitrogens with one attached hydrogen (secondary N) is 1. The van der Waals surface area contributed by atoms with Gasteiger partial charge in [-0.15, -0.1) is 11.3 Å². The van der Waals surface area contributed by atoms with Crippen LogP contribution in [0.2, 0.25) is 0 Å². The molecule has 1 fully saturated rings. The van der Waals surface area contributed by atoms with Crippen LogP contribution in [0.15, 0.2) is 24.3 Å². The first-order valence-electron chi connectivity index (χ1n) is 8.70. The number of nitrogens with zero attached hydrogens (tertiary/aromatic N) is 1. The molecule has 2 N–H and O–H groups in total. The fourth-order valence-electron chi connectivity index (χ4n) is 3.35. The van der Waals surface area contributed by atoms with E-state index >= 15 is 0 Å². The number of benzene rings is 1. The average Bonchev–Trinajstić information content (AvgIpc) is 3.05.